The fourth-order valence-electron chi connectivity index (χ4n) is 3.26. The molecule has 1 aliphatic heterocycles. The molecule has 0 atom stereocenters. The van der Waals surface area contributed by atoms with E-state index in [0.29, 0.717) is 48.2 Å². The second kappa shape index (κ2) is 7.93. The number of hydrogen-bond acceptors (Lipinski definition) is 6. The van der Waals surface area contributed by atoms with Crippen LogP contribution in [-0.4, -0.2) is 39.8 Å². The molecule has 1 saturated heterocycles. The number of nitrogens with one attached hydrogen (secondary N) is 1. The summed E-state index contributed by atoms with van der Waals surface area (Å²) in [4.78, 5) is 36.6. The Kier molecular flexibility index (Phi) is 5.21. The van der Waals surface area contributed by atoms with Gasteiger partial charge in [0.25, 0.3) is 5.91 Å². The summed E-state index contributed by atoms with van der Waals surface area (Å²) >= 11 is 1.45. The number of anilines is 1. The molecule has 1 N–H and O–H groups in total. The summed E-state index contributed by atoms with van der Waals surface area (Å²) in [5, 5.41) is 3.54. The topological polar surface area (TPSA) is 88.3 Å². The molecule has 4 rings (SSSR count). The van der Waals surface area contributed by atoms with E-state index < -0.39 is 0 Å². The number of pyridine rings is 1. The molecule has 144 valence electrons. The predicted molar refractivity (Wildman–Crippen MR) is 106 cm³/mol. The first-order valence-electron chi connectivity index (χ1n) is 9.14. The second-order valence-electron chi connectivity index (χ2n) is 6.67. The Labute approximate surface area is 166 Å². The van der Waals surface area contributed by atoms with Crippen molar-refractivity contribution in [3.63, 3.8) is 0 Å². The summed E-state index contributed by atoms with van der Waals surface area (Å²) in [5.74, 6) is 0.957. The van der Waals surface area contributed by atoms with Gasteiger partial charge in [0.15, 0.2) is 10.8 Å². The van der Waals surface area contributed by atoms with Crippen LogP contribution in [0, 0.1) is 12.8 Å². The lowest BCUT2D eigenvalue weighted by Crippen LogP contribution is -2.41. The van der Waals surface area contributed by atoms with Gasteiger partial charge in [-0.15, -0.1) is 11.3 Å². The summed E-state index contributed by atoms with van der Waals surface area (Å²) in [6.45, 7) is 2.96. The zero-order valence-corrected chi connectivity index (χ0v) is 16.2. The number of nitrogens with zero attached hydrogens (tertiary/aromatic N) is 3. The van der Waals surface area contributed by atoms with E-state index in [2.05, 4.69) is 15.3 Å². The molecule has 28 heavy (non-hydrogen) atoms. The highest BCUT2D eigenvalue weighted by atomic mass is 32.1. The van der Waals surface area contributed by atoms with Gasteiger partial charge in [-0.2, -0.15) is 0 Å². The van der Waals surface area contributed by atoms with Gasteiger partial charge in [-0.1, -0.05) is 6.07 Å². The number of aryl methyl sites for hydroxylation is 1. The normalized spacial score (nSPS) is 14.8. The molecule has 0 unspecified atom stereocenters. The lowest BCUT2D eigenvalue weighted by atomic mass is 9.95. The van der Waals surface area contributed by atoms with Gasteiger partial charge in [0, 0.05) is 30.1 Å². The number of furan rings is 1. The van der Waals surface area contributed by atoms with Crippen molar-refractivity contribution in [2.45, 2.75) is 19.8 Å². The molecule has 1 fully saturated rings. The van der Waals surface area contributed by atoms with E-state index in [0.717, 1.165) is 4.88 Å². The number of amides is 2. The fraction of sp³-hybridized carbons (Fsp3) is 0.300. The molecule has 0 saturated carbocycles. The average molecular weight is 396 g/mol. The van der Waals surface area contributed by atoms with Gasteiger partial charge in [-0.25, -0.2) is 9.97 Å². The Morgan fingerprint density at radius 1 is 1.21 bits per heavy atom. The quantitative estimate of drug-likeness (QED) is 0.728. The van der Waals surface area contributed by atoms with Crippen molar-refractivity contribution < 1.29 is 14.0 Å². The van der Waals surface area contributed by atoms with Gasteiger partial charge in [0.2, 0.25) is 5.91 Å². The third-order valence-electron chi connectivity index (χ3n) is 4.80. The molecule has 0 bridgehead atoms. The number of aromatic nitrogens is 2. The van der Waals surface area contributed by atoms with Gasteiger partial charge < -0.3 is 14.6 Å². The van der Waals surface area contributed by atoms with Gasteiger partial charge in [0.05, 0.1) is 6.26 Å². The van der Waals surface area contributed by atoms with Crippen molar-refractivity contribution in [1.82, 2.24) is 14.9 Å². The Bertz CT molecular complexity index is 961. The Morgan fingerprint density at radius 2 is 2.04 bits per heavy atom. The molecule has 0 aliphatic carbocycles. The van der Waals surface area contributed by atoms with Crippen LogP contribution in [0.25, 0.3) is 10.8 Å². The molecule has 1 aliphatic rings. The number of rotatable bonds is 4. The average Bonchev–Trinajstić information content (AvgIpc) is 3.38. The summed E-state index contributed by atoms with van der Waals surface area (Å²) in [5.41, 5.74) is 0.466. The molecule has 0 spiro atoms. The van der Waals surface area contributed by atoms with Crippen LogP contribution >= 0.6 is 11.3 Å². The minimum atomic E-state index is -0.124. The highest BCUT2D eigenvalue weighted by Gasteiger charge is 2.30. The number of carbonyl (C=O) groups is 2. The van der Waals surface area contributed by atoms with Gasteiger partial charge in [0.1, 0.15) is 11.5 Å². The molecule has 3 aromatic rings. The number of likely N-dealkylation sites (tertiary alicyclic amines) is 1. The molecular formula is C20H20N4O3S. The first-order chi connectivity index (χ1) is 13.6. The van der Waals surface area contributed by atoms with Crippen LogP contribution < -0.4 is 5.32 Å². The van der Waals surface area contributed by atoms with Gasteiger partial charge in [-0.05, 0) is 44.0 Å². The zero-order valence-electron chi connectivity index (χ0n) is 15.4. The monoisotopic (exact) mass is 396 g/mol. The zero-order chi connectivity index (χ0) is 19.5. The summed E-state index contributed by atoms with van der Waals surface area (Å²) in [6, 6.07) is 9.03. The van der Waals surface area contributed by atoms with Crippen LogP contribution in [0.3, 0.4) is 0 Å². The van der Waals surface area contributed by atoms with E-state index in [9.17, 15) is 9.59 Å². The van der Waals surface area contributed by atoms with Crippen LogP contribution in [0.4, 0.5) is 5.82 Å². The highest BCUT2D eigenvalue weighted by molar-refractivity contribution is 7.15. The Balaban J connectivity index is 1.37. The second-order valence-corrected chi connectivity index (χ2v) is 7.88. The number of carbonyl (C=O) groups excluding carboxylic acids is 2. The predicted octanol–water partition coefficient (Wildman–Crippen LogP) is 3.60. The summed E-state index contributed by atoms with van der Waals surface area (Å²) in [7, 11) is 0. The van der Waals surface area contributed by atoms with Crippen LogP contribution in [-0.2, 0) is 4.79 Å². The maximum absolute atomic E-state index is 12.9. The van der Waals surface area contributed by atoms with Crippen molar-refractivity contribution in [3.05, 3.63) is 53.4 Å². The Morgan fingerprint density at radius 3 is 2.71 bits per heavy atom. The SMILES string of the molecule is Cc1sc(-c2ccco2)nc1C(=O)N1CCC(C(=O)Nc2ccccn2)CC1. The maximum Gasteiger partial charge on any atom is 0.273 e. The standard InChI is InChI=1S/C20H20N4O3S/c1-13-17(23-19(28-13)15-5-4-12-27-15)20(26)24-10-7-14(8-11-24)18(25)22-16-6-2-3-9-21-16/h2-6,9,12,14H,7-8,10-11H2,1H3,(H,21,22,25). The minimum absolute atomic E-state index is 0.0456. The maximum atomic E-state index is 12.9. The third-order valence-corrected chi connectivity index (χ3v) is 5.79. The van der Waals surface area contributed by atoms with E-state index in [1.165, 1.54) is 11.3 Å². The molecule has 7 nitrogen and oxygen atoms in total. The first-order valence-corrected chi connectivity index (χ1v) is 9.96. The summed E-state index contributed by atoms with van der Waals surface area (Å²) < 4.78 is 5.38. The molecular weight excluding hydrogens is 376 g/mol. The molecule has 0 radical (unpaired) electrons. The number of thiazole rings is 1. The van der Waals surface area contributed by atoms with Gasteiger partial charge >= 0.3 is 0 Å². The van der Waals surface area contributed by atoms with Crippen molar-refractivity contribution in [1.29, 1.82) is 0 Å². The summed E-state index contributed by atoms with van der Waals surface area (Å²) in [6.07, 6.45) is 4.48. The molecule has 4 heterocycles. The largest absolute Gasteiger partial charge is 0.462 e. The van der Waals surface area contributed by atoms with Crippen LogP contribution in [0.15, 0.2) is 47.2 Å². The van der Waals surface area contributed by atoms with E-state index >= 15 is 0 Å². The van der Waals surface area contributed by atoms with Crippen molar-refractivity contribution >= 4 is 29.0 Å². The number of piperidine rings is 1. The molecule has 2 amide bonds. The first kappa shape index (κ1) is 18.4. The van der Waals surface area contributed by atoms with Crippen molar-refractivity contribution in [2.75, 3.05) is 18.4 Å². The van der Waals surface area contributed by atoms with Crippen LogP contribution in [0.1, 0.15) is 28.2 Å². The lowest BCUT2D eigenvalue weighted by Gasteiger charge is -2.31. The Hall–Kier alpha value is -3.00. The molecule has 3 aromatic heterocycles. The minimum Gasteiger partial charge on any atom is -0.462 e. The highest BCUT2D eigenvalue weighted by Crippen LogP contribution is 2.29. The van der Waals surface area contributed by atoms with Crippen molar-refractivity contribution in [2.24, 2.45) is 5.92 Å². The fourth-order valence-corrected chi connectivity index (χ4v) is 4.13. The van der Waals surface area contributed by atoms with Crippen LogP contribution in [0.5, 0.6) is 0 Å². The van der Waals surface area contributed by atoms with E-state index in [1.54, 1.807) is 35.6 Å². The lowest BCUT2D eigenvalue weighted by molar-refractivity contribution is -0.121. The van der Waals surface area contributed by atoms with E-state index in [1.807, 2.05) is 19.1 Å². The third kappa shape index (κ3) is 3.82. The van der Waals surface area contributed by atoms with Gasteiger partial charge in [-0.3, -0.25) is 9.59 Å². The molecule has 8 heteroatoms. The smallest absolute Gasteiger partial charge is 0.273 e. The van der Waals surface area contributed by atoms with E-state index in [4.69, 9.17) is 4.42 Å². The van der Waals surface area contributed by atoms with Crippen molar-refractivity contribution in [3.8, 4) is 10.8 Å². The molecule has 0 aromatic carbocycles. The van der Waals surface area contributed by atoms with E-state index in [-0.39, 0.29) is 17.7 Å². The number of hydrogen-bond donors (Lipinski definition) is 1. The van der Waals surface area contributed by atoms with Crippen LogP contribution in [0.2, 0.25) is 0 Å².